The molecule has 2 unspecified atom stereocenters. The van der Waals surface area contributed by atoms with Gasteiger partial charge in [0.15, 0.2) is 0 Å². The van der Waals surface area contributed by atoms with Gasteiger partial charge in [0.2, 0.25) is 0 Å². The summed E-state index contributed by atoms with van der Waals surface area (Å²) in [7, 11) is 0. The van der Waals surface area contributed by atoms with Crippen molar-refractivity contribution < 1.29 is 0 Å². The van der Waals surface area contributed by atoms with Gasteiger partial charge in [-0.15, -0.1) is 0 Å². The molecule has 2 heteroatoms. The highest BCUT2D eigenvalue weighted by Gasteiger charge is 2.09. The molecule has 0 aliphatic heterocycles. The van der Waals surface area contributed by atoms with E-state index in [1.807, 2.05) is 0 Å². The van der Waals surface area contributed by atoms with E-state index in [9.17, 15) is 0 Å². The normalized spacial score (nSPS) is 15.2. The lowest BCUT2D eigenvalue weighted by molar-refractivity contribution is 0.581. The summed E-state index contributed by atoms with van der Waals surface area (Å²) in [5.41, 5.74) is 2.70. The van der Waals surface area contributed by atoms with Crippen LogP contribution < -0.4 is 0 Å². The second-order valence-electron chi connectivity index (χ2n) is 3.94. The van der Waals surface area contributed by atoms with E-state index in [-0.39, 0.29) is 0 Å². The summed E-state index contributed by atoms with van der Waals surface area (Å²) in [5, 5.41) is 0. The van der Waals surface area contributed by atoms with Gasteiger partial charge < -0.3 is 0 Å². The predicted octanol–water partition coefficient (Wildman–Crippen LogP) is 4.72. The van der Waals surface area contributed by atoms with Crippen LogP contribution in [0.1, 0.15) is 25.0 Å². The molecule has 0 saturated carbocycles. The van der Waals surface area contributed by atoms with E-state index in [0.29, 0.717) is 10.7 Å². The summed E-state index contributed by atoms with van der Waals surface area (Å²) in [6.07, 6.45) is 1.13. The van der Waals surface area contributed by atoms with Crippen molar-refractivity contribution in [1.82, 2.24) is 0 Å². The Morgan fingerprint density at radius 3 is 2.43 bits per heavy atom. The van der Waals surface area contributed by atoms with E-state index < -0.39 is 0 Å². The Bertz CT molecular complexity index is 305. The molecule has 1 aromatic rings. The van der Waals surface area contributed by atoms with Gasteiger partial charge in [-0.1, -0.05) is 57.8 Å². The van der Waals surface area contributed by atoms with E-state index in [1.54, 1.807) is 0 Å². The third kappa shape index (κ3) is 3.39. The SMILES string of the molecule is Cc1ccc(CC(C)C(C)Br)cc1Br. The number of rotatable bonds is 3. The lowest BCUT2D eigenvalue weighted by Gasteiger charge is -2.14. The molecule has 0 nitrogen and oxygen atoms in total. The average molecular weight is 320 g/mol. The third-order valence-corrected chi connectivity index (χ3v) is 4.33. The van der Waals surface area contributed by atoms with Crippen molar-refractivity contribution >= 4 is 31.9 Å². The van der Waals surface area contributed by atoms with E-state index in [1.165, 1.54) is 15.6 Å². The minimum Gasteiger partial charge on any atom is -0.0891 e. The molecule has 0 amide bonds. The van der Waals surface area contributed by atoms with Gasteiger partial charge in [0.25, 0.3) is 0 Å². The van der Waals surface area contributed by atoms with E-state index >= 15 is 0 Å². The monoisotopic (exact) mass is 318 g/mol. The molecular weight excluding hydrogens is 304 g/mol. The van der Waals surface area contributed by atoms with Crippen molar-refractivity contribution in [3.05, 3.63) is 33.8 Å². The molecule has 0 bridgehead atoms. The number of aryl methyl sites for hydroxylation is 1. The molecule has 0 N–H and O–H groups in total. The van der Waals surface area contributed by atoms with Crippen LogP contribution in [0.25, 0.3) is 0 Å². The first-order valence-corrected chi connectivity index (χ1v) is 6.60. The molecule has 0 aliphatic carbocycles. The van der Waals surface area contributed by atoms with Crippen LogP contribution in [0.5, 0.6) is 0 Å². The average Bonchev–Trinajstić information content (AvgIpc) is 2.11. The van der Waals surface area contributed by atoms with Crippen molar-refractivity contribution in [3.8, 4) is 0 Å². The van der Waals surface area contributed by atoms with Crippen molar-refractivity contribution in [1.29, 1.82) is 0 Å². The quantitative estimate of drug-likeness (QED) is 0.707. The number of hydrogen-bond acceptors (Lipinski definition) is 0. The maximum Gasteiger partial charge on any atom is 0.0207 e. The Morgan fingerprint density at radius 2 is 1.93 bits per heavy atom. The largest absolute Gasteiger partial charge is 0.0891 e. The van der Waals surface area contributed by atoms with Gasteiger partial charge in [0.05, 0.1) is 0 Å². The first-order valence-electron chi connectivity index (χ1n) is 4.90. The van der Waals surface area contributed by atoms with Crippen LogP contribution in [0.3, 0.4) is 0 Å². The summed E-state index contributed by atoms with van der Waals surface area (Å²) in [5.74, 6) is 0.671. The predicted molar refractivity (Wildman–Crippen MR) is 70.1 cm³/mol. The third-order valence-electron chi connectivity index (χ3n) is 2.58. The molecular formula is C12H16Br2. The summed E-state index contributed by atoms with van der Waals surface area (Å²) in [4.78, 5) is 0.572. The first kappa shape index (κ1) is 12.3. The lowest BCUT2D eigenvalue weighted by atomic mass is 9.98. The summed E-state index contributed by atoms with van der Waals surface area (Å²) < 4.78 is 1.21. The topological polar surface area (TPSA) is 0 Å². The van der Waals surface area contributed by atoms with E-state index in [2.05, 4.69) is 70.8 Å². The summed E-state index contributed by atoms with van der Waals surface area (Å²) >= 11 is 7.18. The van der Waals surface area contributed by atoms with Crippen LogP contribution in [-0.2, 0) is 6.42 Å². The highest BCUT2D eigenvalue weighted by Crippen LogP contribution is 2.22. The number of hydrogen-bond donors (Lipinski definition) is 0. The van der Waals surface area contributed by atoms with Gasteiger partial charge in [-0.3, -0.25) is 0 Å². The van der Waals surface area contributed by atoms with Crippen LogP contribution in [0, 0.1) is 12.8 Å². The minimum atomic E-state index is 0.572. The van der Waals surface area contributed by atoms with Crippen LogP contribution in [0.15, 0.2) is 22.7 Å². The van der Waals surface area contributed by atoms with Gasteiger partial charge in [-0.2, -0.15) is 0 Å². The second kappa shape index (κ2) is 5.32. The second-order valence-corrected chi connectivity index (χ2v) is 6.24. The van der Waals surface area contributed by atoms with Crippen LogP contribution in [-0.4, -0.2) is 4.83 Å². The molecule has 0 heterocycles. The van der Waals surface area contributed by atoms with E-state index in [0.717, 1.165) is 6.42 Å². The van der Waals surface area contributed by atoms with Gasteiger partial charge >= 0.3 is 0 Å². The Labute approximate surface area is 103 Å². The number of alkyl halides is 1. The van der Waals surface area contributed by atoms with Crippen LogP contribution in [0.2, 0.25) is 0 Å². The smallest absolute Gasteiger partial charge is 0.0207 e. The summed E-state index contributed by atoms with van der Waals surface area (Å²) in [6, 6.07) is 6.61. The van der Waals surface area contributed by atoms with Crippen molar-refractivity contribution in [2.45, 2.75) is 32.0 Å². The Hall–Kier alpha value is 0.180. The number of benzene rings is 1. The molecule has 0 radical (unpaired) electrons. The van der Waals surface area contributed by atoms with Crippen molar-refractivity contribution in [3.63, 3.8) is 0 Å². The molecule has 78 valence electrons. The van der Waals surface area contributed by atoms with Crippen LogP contribution >= 0.6 is 31.9 Å². The fourth-order valence-corrected chi connectivity index (χ4v) is 1.91. The fraction of sp³-hybridized carbons (Fsp3) is 0.500. The maximum atomic E-state index is 3.62. The molecule has 14 heavy (non-hydrogen) atoms. The molecule has 0 saturated heterocycles. The standard InChI is InChI=1S/C12H16Br2/c1-8-4-5-11(7-12(8)14)6-9(2)10(3)13/h4-5,7,9-10H,6H2,1-3H3. The molecule has 1 aromatic carbocycles. The Balaban J connectivity index is 2.73. The zero-order chi connectivity index (χ0) is 10.7. The zero-order valence-electron chi connectivity index (χ0n) is 8.85. The molecule has 0 spiro atoms. The van der Waals surface area contributed by atoms with Gasteiger partial charge in [-0.25, -0.2) is 0 Å². The minimum absolute atomic E-state index is 0.572. The first-order chi connectivity index (χ1) is 6.50. The van der Waals surface area contributed by atoms with Gasteiger partial charge in [-0.05, 0) is 36.5 Å². The fourth-order valence-electron chi connectivity index (χ4n) is 1.30. The van der Waals surface area contributed by atoms with Gasteiger partial charge in [0, 0.05) is 9.30 Å². The van der Waals surface area contributed by atoms with Gasteiger partial charge in [0.1, 0.15) is 0 Å². The van der Waals surface area contributed by atoms with Crippen molar-refractivity contribution in [2.24, 2.45) is 5.92 Å². The number of halogens is 2. The zero-order valence-corrected chi connectivity index (χ0v) is 12.0. The molecule has 0 fully saturated rings. The maximum absolute atomic E-state index is 3.62. The molecule has 0 aliphatic rings. The van der Waals surface area contributed by atoms with Crippen molar-refractivity contribution in [2.75, 3.05) is 0 Å². The Morgan fingerprint density at radius 1 is 1.29 bits per heavy atom. The molecule has 0 aromatic heterocycles. The van der Waals surface area contributed by atoms with Crippen LogP contribution in [0.4, 0.5) is 0 Å². The van der Waals surface area contributed by atoms with E-state index in [4.69, 9.17) is 0 Å². The summed E-state index contributed by atoms with van der Waals surface area (Å²) in [6.45, 7) is 6.59. The highest BCUT2D eigenvalue weighted by molar-refractivity contribution is 9.10. The molecule has 1 rings (SSSR count). The lowest BCUT2D eigenvalue weighted by Crippen LogP contribution is -2.09. The Kier molecular flexibility index (Phi) is 4.65. The highest BCUT2D eigenvalue weighted by atomic mass is 79.9. The molecule has 2 atom stereocenters.